The summed E-state index contributed by atoms with van der Waals surface area (Å²) in [6, 6.07) is 7.56. The normalized spacial score (nSPS) is 18.6. The highest BCUT2D eigenvalue weighted by molar-refractivity contribution is 5.75. The number of hydrogen-bond acceptors (Lipinski definition) is 4. The minimum Gasteiger partial charge on any atom is -0.426 e. The van der Waals surface area contributed by atoms with E-state index in [0.717, 1.165) is 43.6 Å². The smallest absolute Gasteiger partial charge is 0.314 e. The summed E-state index contributed by atoms with van der Waals surface area (Å²) in [6.45, 7) is 4.46. The lowest BCUT2D eigenvalue weighted by molar-refractivity contribution is -0.140. The van der Waals surface area contributed by atoms with Gasteiger partial charge in [0.1, 0.15) is 5.75 Å². The van der Waals surface area contributed by atoms with Crippen LogP contribution in [0.25, 0.3) is 11.4 Å². The highest BCUT2D eigenvalue weighted by Crippen LogP contribution is 2.33. The Morgan fingerprint density at radius 1 is 0.903 bits per heavy atom. The summed E-state index contributed by atoms with van der Waals surface area (Å²) >= 11 is 0. The number of hydrogen-bond donors (Lipinski definition) is 0. The molecular weight excluding hydrogens is 384 g/mol. The van der Waals surface area contributed by atoms with Crippen molar-refractivity contribution in [3.8, 4) is 17.1 Å². The third-order valence-corrected chi connectivity index (χ3v) is 6.50. The van der Waals surface area contributed by atoms with Gasteiger partial charge in [0.25, 0.3) is 0 Å². The van der Waals surface area contributed by atoms with Crippen molar-refractivity contribution in [2.24, 2.45) is 11.8 Å². The van der Waals surface area contributed by atoms with E-state index in [1.54, 1.807) is 0 Å². The Labute approximate surface area is 187 Å². The number of rotatable bonds is 11. The van der Waals surface area contributed by atoms with E-state index in [1.807, 2.05) is 36.7 Å². The van der Waals surface area contributed by atoms with E-state index in [1.165, 1.54) is 50.5 Å². The lowest BCUT2D eigenvalue weighted by Gasteiger charge is -2.27. The molecule has 0 N–H and O–H groups in total. The molecule has 3 rings (SSSR count). The number of ether oxygens (including phenoxy) is 1. The zero-order chi connectivity index (χ0) is 21.9. The first-order valence-electron chi connectivity index (χ1n) is 12.3. The summed E-state index contributed by atoms with van der Waals surface area (Å²) in [5.74, 6) is 2.08. The molecule has 0 unspecified atom stereocenters. The lowest BCUT2D eigenvalue weighted by Crippen LogP contribution is -2.25. The minimum atomic E-state index is -0.0764. The van der Waals surface area contributed by atoms with Crippen LogP contribution in [0.3, 0.4) is 0 Å². The van der Waals surface area contributed by atoms with Crippen LogP contribution in [0.5, 0.6) is 5.75 Å². The maximum absolute atomic E-state index is 12.6. The quantitative estimate of drug-likeness (QED) is 0.219. The predicted octanol–water partition coefficient (Wildman–Crippen LogP) is 7.17. The zero-order valence-electron chi connectivity index (χ0n) is 19.3. The number of esters is 1. The van der Waals surface area contributed by atoms with Gasteiger partial charge >= 0.3 is 5.97 Å². The Hall–Kier alpha value is -2.23. The summed E-state index contributed by atoms with van der Waals surface area (Å²) in [6.07, 6.45) is 18.0. The summed E-state index contributed by atoms with van der Waals surface area (Å²) in [4.78, 5) is 21.6. The van der Waals surface area contributed by atoms with E-state index in [9.17, 15) is 4.79 Å². The molecule has 1 heterocycles. The molecule has 1 saturated carbocycles. The fourth-order valence-electron chi connectivity index (χ4n) is 4.45. The second-order valence-electron chi connectivity index (χ2n) is 9.03. The van der Waals surface area contributed by atoms with Crippen molar-refractivity contribution in [2.45, 2.75) is 90.9 Å². The van der Waals surface area contributed by atoms with Gasteiger partial charge in [0, 0.05) is 18.0 Å². The van der Waals surface area contributed by atoms with E-state index >= 15 is 0 Å². The summed E-state index contributed by atoms with van der Waals surface area (Å²) in [5.41, 5.74) is 2.12. The number of carbonyl (C=O) groups excluding carboxylic acids is 1. The first-order chi connectivity index (χ1) is 15.2. The largest absolute Gasteiger partial charge is 0.426 e. The van der Waals surface area contributed by atoms with Crippen LogP contribution >= 0.6 is 0 Å². The average Bonchev–Trinajstić information content (AvgIpc) is 2.81. The van der Waals surface area contributed by atoms with E-state index < -0.39 is 0 Å². The molecule has 31 heavy (non-hydrogen) atoms. The minimum absolute atomic E-state index is 0.0469. The Balaban J connectivity index is 1.46. The number of benzene rings is 1. The first-order valence-corrected chi connectivity index (χ1v) is 12.3. The van der Waals surface area contributed by atoms with Crippen LogP contribution in [0.2, 0.25) is 0 Å². The summed E-state index contributed by atoms with van der Waals surface area (Å²) in [7, 11) is 0. The summed E-state index contributed by atoms with van der Waals surface area (Å²) in [5, 5.41) is 0. The molecule has 0 radical (unpaired) electrons. The molecule has 4 heteroatoms. The Morgan fingerprint density at radius 3 is 2.19 bits per heavy atom. The van der Waals surface area contributed by atoms with E-state index in [0.29, 0.717) is 11.6 Å². The zero-order valence-corrected chi connectivity index (χ0v) is 19.3. The van der Waals surface area contributed by atoms with Gasteiger partial charge in [-0.1, -0.05) is 52.4 Å². The molecule has 1 aliphatic rings. The van der Waals surface area contributed by atoms with Crippen molar-refractivity contribution in [1.29, 1.82) is 0 Å². The molecule has 0 saturated heterocycles. The molecule has 0 atom stereocenters. The van der Waals surface area contributed by atoms with Crippen LogP contribution in [0.1, 0.15) is 90.0 Å². The van der Waals surface area contributed by atoms with Crippen molar-refractivity contribution in [1.82, 2.24) is 9.97 Å². The fraction of sp³-hybridized carbons (Fsp3) is 0.593. The van der Waals surface area contributed by atoms with Gasteiger partial charge < -0.3 is 4.74 Å². The molecule has 4 nitrogen and oxygen atoms in total. The van der Waals surface area contributed by atoms with Crippen LogP contribution in [0.4, 0.5) is 0 Å². The van der Waals surface area contributed by atoms with E-state index in [4.69, 9.17) is 4.74 Å². The Bertz CT molecular complexity index is 778. The molecule has 1 fully saturated rings. The first kappa shape index (κ1) is 23.4. The molecular formula is C27H38N2O2. The molecule has 168 valence electrons. The van der Waals surface area contributed by atoms with Crippen molar-refractivity contribution in [2.75, 3.05) is 0 Å². The van der Waals surface area contributed by atoms with Gasteiger partial charge in [-0.3, -0.25) is 4.79 Å². The second kappa shape index (κ2) is 12.6. The molecule has 1 aromatic heterocycles. The summed E-state index contributed by atoms with van der Waals surface area (Å²) < 4.78 is 5.67. The topological polar surface area (TPSA) is 52.1 Å². The highest BCUT2D eigenvalue weighted by Gasteiger charge is 2.27. The van der Waals surface area contributed by atoms with Gasteiger partial charge in [-0.2, -0.15) is 0 Å². The van der Waals surface area contributed by atoms with Crippen molar-refractivity contribution in [3.63, 3.8) is 0 Å². The molecule has 1 aromatic carbocycles. The number of carbonyl (C=O) groups is 1. The van der Waals surface area contributed by atoms with Crippen molar-refractivity contribution < 1.29 is 9.53 Å². The van der Waals surface area contributed by atoms with Crippen LogP contribution in [0.15, 0.2) is 36.7 Å². The molecule has 0 aliphatic heterocycles. The third-order valence-electron chi connectivity index (χ3n) is 6.50. The maximum atomic E-state index is 12.6. The Morgan fingerprint density at radius 2 is 1.55 bits per heavy atom. The average molecular weight is 423 g/mol. The van der Waals surface area contributed by atoms with Gasteiger partial charge in [-0.15, -0.1) is 0 Å². The van der Waals surface area contributed by atoms with Crippen molar-refractivity contribution >= 4 is 5.97 Å². The molecule has 0 bridgehead atoms. The van der Waals surface area contributed by atoms with Crippen molar-refractivity contribution in [3.05, 3.63) is 42.2 Å². The lowest BCUT2D eigenvalue weighted by atomic mass is 9.80. The SMILES string of the molecule is CCCCCc1cnc(-c2ccc(OC(=O)C3CCC(CCCCC)CC3)cc2)nc1. The standard InChI is InChI=1S/C27H38N2O2/c1-3-5-7-9-21-11-13-24(14-12-21)27(30)31-25-17-15-23(16-18-25)26-28-19-22(20-29-26)10-8-6-4-2/h15-21,24H,3-14H2,1-2H3. The number of aryl methyl sites for hydroxylation is 1. The number of aromatic nitrogens is 2. The predicted molar refractivity (Wildman–Crippen MR) is 126 cm³/mol. The highest BCUT2D eigenvalue weighted by atomic mass is 16.5. The molecule has 0 spiro atoms. The van der Waals surface area contributed by atoms with Gasteiger partial charge in [0.05, 0.1) is 5.92 Å². The van der Waals surface area contributed by atoms with E-state index in [2.05, 4.69) is 23.8 Å². The van der Waals surface area contributed by atoms with Gasteiger partial charge in [0.2, 0.25) is 0 Å². The monoisotopic (exact) mass is 422 g/mol. The number of unbranched alkanes of at least 4 members (excludes halogenated alkanes) is 4. The van der Waals surface area contributed by atoms with Crippen LogP contribution in [0, 0.1) is 11.8 Å². The van der Waals surface area contributed by atoms with Gasteiger partial charge in [-0.05, 0) is 74.3 Å². The fourth-order valence-corrected chi connectivity index (χ4v) is 4.45. The maximum Gasteiger partial charge on any atom is 0.314 e. The van der Waals surface area contributed by atoms with Crippen LogP contribution < -0.4 is 4.74 Å². The number of nitrogens with zero attached hydrogens (tertiary/aromatic N) is 2. The van der Waals surface area contributed by atoms with Gasteiger partial charge in [-0.25, -0.2) is 9.97 Å². The Kier molecular flexibility index (Phi) is 9.51. The third kappa shape index (κ3) is 7.45. The molecule has 2 aromatic rings. The van der Waals surface area contributed by atoms with Crippen LogP contribution in [-0.4, -0.2) is 15.9 Å². The second-order valence-corrected chi connectivity index (χ2v) is 9.03. The van der Waals surface area contributed by atoms with Crippen LogP contribution in [-0.2, 0) is 11.2 Å². The van der Waals surface area contributed by atoms with Gasteiger partial charge in [0.15, 0.2) is 5.82 Å². The molecule has 0 amide bonds. The van der Waals surface area contributed by atoms with E-state index in [-0.39, 0.29) is 11.9 Å². The molecule has 1 aliphatic carbocycles.